The summed E-state index contributed by atoms with van der Waals surface area (Å²) in [5, 5.41) is 9.08. The fourth-order valence-electron chi connectivity index (χ4n) is 2.21. The summed E-state index contributed by atoms with van der Waals surface area (Å²) < 4.78 is 0. The normalized spacial score (nSPS) is 17.1. The van der Waals surface area contributed by atoms with Crippen LogP contribution < -0.4 is 10.6 Å². The van der Waals surface area contributed by atoms with Crippen molar-refractivity contribution in [1.29, 1.82) is 0 Å². The number of nitrogens with two attached hydrogens (primary N) is 1. The molecule has 1 aliphatic rings. The van der Waals surface area contributed by atoms with Crippen molar-refractivity contribution in [2.45, 2.75) is 12.8 Å². The van der Waals surface area contributed by atoms with Crippen LogP contribution in [0.5, 0.6) is 0 Å². The molecule has 0 unspecified atom stereocenters. The molecule has 0 spiro atoms. The molecule has 92 valence electrons. The summed E-state index contributed by atoms with van der Waals surface area (Å²) in [6.07, 6.45) is 2.04. The molecule has 0 aromatic heterocycles. The molecule has 4 heteroatoms. The van der Waals surface area contributed by atoms with Crippen molar-refractivity contribution in [2.75, 3.05) is 24.6 Å². The van der Waals surface area contributed by atoms with Crippen LogP contribution in [0.4, 0.5) is 5.69 Å². The number of aliphatic hydroxyl groups is 1. The van der Waals surface area contributed by atoms with Crippen molar-refractivity contribution in [3.8, 4) is 0 Å². The summed E-state index contributed by atoms with van der Waals surface area (Å²) in [6, 6.07) is 7.38. The van der Waals surface area contributed by atoms with Crippen LogP contribution in [0.15, 0.2) is 24.3 Å². The van der Waals surface area contributed by atoms with Gasteiger partial charge in [0.05, 0.1) is 0 Å². The van der Waals surface area contributed by atoms with Crippen LogP contribution in [0.3, 0.4) is 0 Å². The van der Waals surface area contributed by atoms with E-state index >= 15 is 0 Å². The summed E-state index contributed by atoms with van der Waals surface area (Å²) >= 11 is 0. The van der Waals surface area contributed by atoms with Gasteiger partial charge in [0, 0.05) is 30.9 Å². The van der Waals surface area contributed by atoms with Crippen molar-refractivity contribution < 1.29 is 9.90 Å². The zero-order chi connectivity index (χ0) is 12.3. The van der Waals surface area contributed by atoms with Crippen LogP contribution in [0.2, 0.25) is 0 Å². The highest BCUT2D eigenvalue weighted by atomic mass is 16.3. The van der Waals surface area contributed by atoms with Gasteiger partial charge in [-0.3, -0.25) is 4.79 Å². The SMILES string of the molecule is NC(=O)c1ccc(N2CCC(CO)CC2)cc1. The Morgan fingerprint density at radius 3 is 2.35 bits per heavy atom. The minimum atomic E-state index is -0.393. The van der Waals surface area contributed by atoms with Crippen molar-refractivity contribution in [2.24, 2.45) is 11.7 Å². The highest BCUT2D eigenvalue weighted by Crippen LogP contribution is 2.23. The van der Waals surface area contributed by atoms with Gasteiger partial charge in [-0.15, -0.1) is 0 Å². The lowest BCUT2D eigenvalue weighted by Crippen LogP contribution is -2.34. The molecule has 2 rings (SSSR count). The molecule has 1 saturated heterocycles. The third-order valence-corrected chi connectivity index (χ3v) is 3.39. The molecule has 4 nitrogen and oxygen atoms in total. The summed E-state index contributed by atoms with van der Waals surface area (Å²) in [5.41, 5.74) is 6.86. The number of hydrogen-bond donors (Lipinski definition) is 2. The number of nitrogens with zero attached hydrogens (tertiary/aromatic N) is 1. The number of anilines is 1. The second-order valence-corrected chi connectivity index (χ2v) is 4.52. The molecule has 17 heavy (non-hydrogen) atoms. The molecule has 3 N–H and O–H groups in total. The Balaban J connectivity index is 2.01. The number of piperidine rings is 1. The van der Waals surface area contributed by atoms with E-state index in [1.807, 2.05) is 12.1 Å². The highest BCUT2D eigenvalue weighted by molar-refractivity contribution is 5.93. The van der Waals surface area contributed by atoms with E-state index in [1.54, 1.807) is 12.1 Å². The monoisotopic (exact) mass is 234 g/mol. The topological polar surface area (TPSA) is 66.6 Å². The van der Waals surface area contributed by atoms with E-state index in [0.29, 0.717) is 11.5 Å². The van der Waals surface area contributed by atoms with Crippen molar-refractivity contribution in [1.82, 2.24) is 0 Å². The average molecular weight is 234 g/mol. The van der Waals surface area contributed by atoms with Gasteiger partial charge in [0.15, 0.2) is 0 Å². The molecule has 1 heterocycles. The smallest absolute Gasteiger partial charge is 0.248 e. The van der Waals surface area contributed by atoms with Crippen LogP contribution in [0.1, 0.15) is 23.2 Å². The third kappa shape index (κ3) is 2.77. The van der Waals surface area contributed by atoms with Gasteiger partial charge in [0.2, 0.25) is 5.91 Å². The second kappa shape index (κ2) is 5.19. The van der Waals surface area contributed by atoms with Crippen LogP contribution >= 0.6 is 0 Å². The van der Waals surface area contributed by atoms with Gasteiger partial charge >= 0.3 is 0 Å². The first-order chi connectivity index (χ1) is 8.20. The van der Waals surface area contributed by atoms with E-state index in [0.717, 1.165) is 31.6 Å². The zero-order valence-electron chi connectivity index (χ0n) is 9.80. The average Bonchev–Trinajstić information content (AvgIpc) is 2.39. The minimum Gasteiger partial charge on any atom is -0.396 e. The fraction of sp³-hybridized carbons (Fsp3) is 0.462. The lowest BCUT2D eigenvalue weighted by Gasteiger charge is -2.32. The largest absolute Gasteiger partial charge is 0.396 e. The number of hydrogen-bond acceptors (Lipinski definition) is 3. The Labute approximate surface area is 101 Å². The summed E-state index contributed by atoms with van der Waals surface area (Å²) in [5.74, 6) is 0.0479. The molecule has 1 fully saturated rings. The number of primary amides is 1. The Hall–Kier alpha value is -1.55. The van der Waals surface area contributed by atoms with E-state index in [2.05, 4.69) is 4.90 Å². The number of carbonyl (C=O) groups is 1. The van der Waals surface area contributed by atoms with Gasteiger partial charge in [-0.05, 0) is 43.0 Å². The molecule has 0 aliphatic carbocycles. The first-order valence-corrected chi connectivity index (χ1v) is 5.96. The summed E-state index contributed by atoms with van der Waals surface area (Å²) in [6.45, 7) is 2.21. The van der Waals surface area contributed by atoms with Crippen LogP contribution in [0.25, 0.3) is 0 Å². The molecule has 0 atom stereocenters. The Bertz CT molecular complexity index is 381. The Morgan fingerprint density at radius 1 is 1.29 bits per heavy atom. The number of rotatable bonds is 3. The number of aliphatic hydroxyl groups excluding tert-OH is 1. The molecular formula is C13H18N2O2. The predicted octanol–water partition coefficient (Wildman–Crippen LogP) is 0.994. The van der Waals surface area contributed by atoms with Crippen molar-refractivity contribution in [3.63, 3.8) is 0 Å². The predicted molar refractivity (Wildman–Crippen MR) is 67.0 cm³/mol. The summed E-state index contributed by atoms with van der Waals surface area (Å²) in [7, 11) is 0. The number of amides is 1. The molecule has 0 radical (unpaired) electrons. The molecular weight excluding hydrogens is 216 g/mol. The number of benzene rings is 1. The maximum atomic E-state index is 11.0. The first kappa shape index (κ1) is 11.9. The van der Waals surface area contributed by atoms with Gasteiger partial charge in [-0.25, -0.2) is 0 Å². The van der Waals surface area contributed by atoms with Crippen LogP contribution in [0, 0.1) is 5.92 Å². The lowest BCUT2D eigenvalue weighted by molar-refractivity contribution is 0.100. The quantitative estimate of drug-likeness (QED) is 0.819. The van der Waals surface area contributed by atoms with E-state index in [-0.39, 0.29) is 6.61 Å². The molecule has 1 amide bonds. The Morgan fingerprint density at radius 2 is 1.88 bits per heavy atom. The van der Waals surface area contributed by atoms with E-state index in [9.17, 15) is 4.79 Å². The molecule has 1 aromatic carbocycles. The van der Waals surface area contributed by atoms with Crippen molar-refractivity contribution in [3.05, 3.63) is 29.8 Å². The fourth-order valence-corrected chi connectivity index (χ4v) is 2.21. The van der Waals surface area contributed by atoms with E-state index < -0.39 is 5.91 Å². The van der Waals surface area contributed by atoms with Crippen LogP contribution in [-0.4, -0.2) is 30.7 Å². The molecule has 1 aliphatic heterocycles. The van der Waals surface area contributed by atoms with Gasteiger partial charge < -0.3 is 15.7 Å². The minimum absolute atomic E-state index is 0.286. The van der Waals surface area contributed by atoms with Gasteiger partial charge in [0.25, 0.3) is 0 Å². The standard InChI is InChI=1S/C13H18N2O2/c14-13(17)11-1-3-12(4-2-11)15-7-5-10(9-16)6-8-15/h1-4,10,16H,5-9H2,(H2,14,17). The highest BCUT2D eigenvalue weighted by Gasteiger charge is 2.18. The lowest BCUT2D eigenvalue weighted by atomic mass is 9.97. The van der Waals surface area contributed by atoms with Gasteiger partial charge in [-0.2, -0.15) is 0 Å². The van der Waals surface area contributed by atoms with Crippen molar-refractivity contribution >= 4 is 11.6 Å². The van der Waals surface area contributed by atoms with E-state index in [1.165, 1.54) is 0 Å². The Kier molecular flexibility index (Phi) is 3.64. The van der Waals surface area contributed by atoms with Gasteiger partial charge in [-0.1, -0.05) is 0 Å². The second-order valence-electron chi connectivity index (χ2n) is 4.52. The third-order valence-electron chi connectivity index (χ3n) is 3.39. The molecule has 0 saturated carbocycles. The van der Waals surface area contributed by atoms with Crippen LogP contribution in [-0.2, 0) is 0 Å². The molecule has 0 bridgehead atoms. The summed E-state index contributed by atoms with van der Waals surface area (Å²) in [4.78, 5) is 13.2. The first-order valence-electron chi connectivity index (χ1n) is 5.96. The molecule has 1 aromatic rings. The maximum Gasteiger partial charge on any atom is 0.248 e. The van der Waals surface area contributed by atoms with Gasteiger partial charge in [0.1, 0.15) is 0 Å². The van der Waals surface area contributed by atoms with E-state index in [4.69, 9.17) is 10.8 Å². The zero-order valence-corrected chi connectivity index (χ0v) is 9.80. The maximum absolute atomic E-state index is 11.0. The number of carbonyl (C=O) groups excluding carboxylic acids is 1.